The van der Waals surface area contributed by atoms with Gasteiger partial charge in [-0.2, -0.15) is 0 Å². The zero-order chi connectivity index (χ0) is 12.1. The molecule has 0 aromatic heterocycles. The van der Waals surface area contributed by atoms with Gasteiger partial charge in [0.05, 0.1) is 19.8 Å². The maximum absolute atomic E-state index is 5.60. The molecular weight excluding hydrogens is 330 g/mol. The van der Waals surface area contributed by atoms with Crippen LogP contribution in [0.2, 0.25) is 0 Å². The molecule has 5 heteroatoms. The first kappa shape index (κ1) is 20.3. The van der Waals surface area contributed by atoms with E-state index in [2.05, 4.69) is 20.8 Å². The third kappa shape index (κ3) is 14.9. The summed E-state index contributed by atoms with van der Waals surface area (Å²) in [6.07, 6.45) is 6.67. The molecule has 0 aliphatic carbocycles. The molecule has 0 rings (SSSR count). The molecule has 0 radical (unpaired) electrons. The zero-order valence-electron chi connectivity index (χ0n) is 11.4. The van der Waals surface area contributed by atoms with Gasteiger partial charge >= 0.3 is 8.60 Å². The molecule has 0 bridgehead atoms. The Labute approximate surface area is 122 Å². The Hall–Kier alpha value is 0.972. The molecule has 0 amide bonds. The Kier molecular flexibility index (Phi) is 20.3. The average molecular weight is 357 g/mol. The first-order valence-electron chi connectivity index (χ1n) is 6.54. The van der Waals surface area contributed by atoms with E-state index in [1.807, 2.05) is 0 Å². The fraction of sp³-hybridized carbons (Fsp3) is 1.00. The normalized spacial score (nSPS) is 10.6. The predicted molar refractivity (Wildman–Crippen MR) is 69.5 cm³/mol. The van der Waals surface area contributed by atoms with Crippen LogP contribution in [0.25, 0.3) is 0 Å². The van der Waals surface area contributed by atoms with Gasteiger partial charge in [-0.05, 0) is 19.3 Å². The van der Waals surface area contributed by atoms with Crippen LogP contribution in [0.3, 0.4) is 0 Å². The van der Waals surface area contributed by atoms with Crippen LogP contribution in [0, 0.1) is 0 Å². The standard InChI is InChI=1S/C12H27O3P.Pd/c1-4-7-10-13-16(14-11-8-5-2)15-12-9-6-3;/h4-12H2,1-3H3;. The SMILES string of the molecule is CCCCOP(OCCCC)OCCCC.[Pd]. The molecule has 0 heterocycles. The van der Waals surface area contributed by atoms with Crippen molar-refractivity contribution in [3.63, 3.8) is 0 Å². The molecule has 3 nitrogen and oxygen atoms in total. The van der Waals surface area contributed by atoms with Crippen molar-refractivity contribution >= 4 is 8.60 Å². The van der Waals surface area contributed by atoms with Crippen LogP contribution in [-0.4, -0.2) is 19.8 Å². The molecule has 0 atom stereocenters. The summed E-state index contributed by atoms with van der Waals surface area (Å²) < 4.78 is 16.8. The van der Waals surface area contributed by atoms with E-state index in [0.717, 1.165) is 58.3 Å². The number of hydrogen-bond donors (Lipinski definition) is 0. The second-order valence-corrected chi connectivity index (χ2v) is 5.01. The molecule has 0 aromatic carbocycles. The molecule has 17 heavy (non-hydrogen) atoms. The van der Waals surface area contributed by atoms with Gasteiger partial charge in [0.1, 0.15) is 0 Å². The van der Waals surface area contributed by atoms with Gasteiger partial charge in [0.25, 0.3) is 0 Å². The van der Waals surface area contributed by atoms with E-state index in [0.29, 0.717) is 0 Å². The van der Waals surface area contributed by atoms with E-state index in [-0.39, 0.29) is 20.4 Å². The third-order valence-electron chi connectivity index (χ3n) is 2.08. The molecule has 0 aliphatic rings. The summed E-state index contributed by atoms with van der Waals surface area (Å²) in [7, 11) is -1.10. The number of hydrogen-bond acceptors (Lipinski definition) is 3. The molecule has 0 aromatic rings. The topological polar surface area (TPSA) is 27.7 Å². The van der Waals surface area contributed by atoms with Gasteiger partial charge in [0.2, 0.25) is 0 Å². The van der Waals surface area contributed by atoms with Gasteiger partial charge in [0, 0.05) is 20.4 Å². The monoisotopic (exact) mass is 356 g/mol. The van der Waals surface area contributed by atoms with Crippen LogP contribution < -0.4 is 0 Å². The Balaban J connectivity index is 0. The van der Waals surface area contributed by atoms with E-state index in [9.17, 15) is 0 Å². The maximum atomic E-state index is 5.60. The second kappa shape index (κ2) is 17.0. The van der Waals surface area contributed by atoms with Crippen molar-refractivity contribution in [1.29, 1.82) is 0 Å². The molecule has 0 N–H and O–H groups in total. The van der Waals surface area contributed by atoms with E-state index in [1.165, 1.54) is 0 Å². The van der Waals surface area contributed by atoms with Crippen molar-refractivity contribution < 1.29 is 34.0 Å². The average Bonchev–Trinajstić information content (AvgIpc) is 2.29. The van der Waals surface area contributed by atoms with Crippen molar-refractivity contribution in [2.45, 2.75) is 59.3 Å². The second-order valence-electron chi connectivity index (χ2n) is 3.78. The Morgan fingerprint density at radius 2 is 0.941 bits per heavy atom. The predicted octanol–water partition coefficient (Wildman–Crippen LogP) is 4.66. The fourth-order valence-corrected chi connectivity index (χ4v) is 2.02. The Bertz CT molecular complexity index is 115. The molecule has 0 unspecified atom stereocenters. The van der Waals surface area contributed by atoms with Crippen molar-refractivity contribution in [3.8, 4) is 0 Å². The zero-order valence-corrected chi connectivity index (χ0v) is 13.8. The number of rotatable bonds is 12. The van der Waals surface area contributed by atoms with Crippen LogP contribution in [0.4, 0.5) is 0 Å². The minimum atomic E-state index is -1.10. The quantitative estimate of drug-likeness (QED) is 0.289. The van der Waals surface area contributed by atoms with Crippen molar-refractivity contribution in [1.82, 2.24) is 0 Å². The summed E-state index contributed by atoms with van der Waals surface area (Å²) in [5.41, 5.74) is 0. The van der Waals surface area contributed by atoms with Crippen LogP contribution in [-0.2, 0) is 34.0 Å². The largest absolute Gasteiger partial charge is 0.332 e. The maximum Gasteiger partial charge on any atom is 0.332 e. The molecular formula is C12H27O3PPd. The molecule has 0 saturated carbocycles. The van der Waals surface area contributed by atoms with E-state index < -0.39 is 8.60 Å². The van der Waals surface area contributed by atoms with Crippen molar-refractivity contribution in [3.05, 3.63) is 0 Å². The Morgan fingerprint density at radius 3 is 1.18 bits per heavy atom. The van der Waals surface area contributed by atoms with Crippen molar-refractivity contribution in [2.24, 2.45) is 0 Å². The number of unbranched alkanes of at least 4 members (excludes halogenated alkanes) is 3. The van der Waals surface area contributed by atoms with Gasteiger partial charge in [-0.15, -0.1) is 0 Å². The van der Waals surface area contributed by atoms with Crippen molar-refractivity contribution in [2.75, 3.05) is 19.8 Å². The first-order valence-corrected chi connectivity index (χ1v) is 7.63. The van der Waals surface area contributed by atoms with Gasteiger partial charge in [0.15, 0.2) is 0 Å². The summed E-state index contributed by atoms with van der Waals surface area (Å²) in [5.74, 6) is 0. The van der Waals surface area contributed by atoms with E-state index in [4.69, 9.17) is 13.6 Å². The van der Waals surface area contributed by atoms with Crippen LogP contribution in [0.1, 0.15) is 59.3 Å². The summed E-state index contributed by atoms with van der Waals surface area (Å²) in [6, 6.07) is 0. The molecule has 0 fully saturated rings. The Morgan fingerprint density at radius 1 is 0.647 bits per heavy atom. The summed E-state index contributed by atoms with van der Waals surface area (Å²) in [4.78, 5) is 0. The van der Waals surface area contributed by atoms with Crippen LogP contribution in [0.15, 0.2) is 0 Å². The smallest absolute Gasteiger partial charge is 0.312 e. The molecule has 0 spiro atoms. The van der Waals surface area contributed by atoms with Crippen LogP contribution >= 0.6 is 8.60 Å². The molecule has 108 valence electrons. The van der Waals surface area contributed by atoms with Gasteiger partial charge in [-0.3, -0.25) is 0 Å². The summed E-state index contributed by atoms with van der Waals surface area (Å²) >= 11 is 0. The first-order chi connectivity index (χ1) is 7.85. The van der Waals surface area contributed by atoms with Gasteiger partial charge < -0.3 is 13.6 Å². The minimum absolute atomic E-state index is 0. The van der Waals surface area contributed by atoms with E-state index >= 15 is 0 Å². The minimum Gasteiger partial charge on any atom is -0.312 e. The van der Waals surface area contributed by atoms with E-state index in [1.54, 1.807) is 0 Å². The molecule has 0 saturated heterocycles. The van der Waals surface area contributed by atoms with Crippen LogP contribution in [0.5, 0.6) is 0 Å². The molecule has 0 aliphatic heterocycles. The van der Waals surface area contributed by atoms with Gasteiger partial charge in [-0.25, -0.2) is 0 Å². The fourth-order valence-electron chi connectivity index (χ4n) is 0.962. The summed E-state index contributed by atoms with van der Waals surface area (Å²) in [6.45, 7) is 8.71. The van der Waals surface area contributed by atoms with Gasteiger partial charge in [-0.1, -0.05) is 40.0 Å². The third-order valence-corrected chi connectivity index (χ3v) is 3.26. The summed E-state index contributed by atoms with van der Waals surface area (Å²) in [5, 5.41) is 0.